The summed E-state index contributed by atoms with van der Waals surface area (Å²) in [5, 5.41) is 3.54. The second-order valence-electron chi connectivity index (χ2n) is 6.13. The van der Waals surface area contributed by atoms with Crippen molar-refractivity contribution in [3.8, 4) is 22.9 Å². The molecule has 28 heavy (non-hydrogen) atoms. The third kappa shape index (κ3) is 2.84. The summed E-state index contributed by atoms with van der Waals surface area (Å²) in [6.07, 6.45) is 4.76. The van der Waals surface area contributed by atoms with Crippen molar-refractivity contribution in [3.63, 3.8) is 0 Å². The molecule has 0 atom stereocenters. The van der Waals surface area contributed by atoms with E-state index in [-0.39, 0.29) is 5.91 Å². The van der Waals surface area contributed by atoms with Gasteiger partial charge in [-0.1, -0.05) is 18.2 Å². The Kier molecular flexibility index (Phi) is 3.76. The van der Waals surface area contributed by atoms with E-state index in [1.807, 2.05) is 30.3 Å². The first-order chi connectivity index (χ1) is 13.8. The molecule has 5 aromatic rings. The van der Waals surface area contributed by atoms with Gasteiger partial charge in [-0.2, -0.15) is 0 Å². The van der Waals surface area contributed by atoms with Gasteiger partial charge in [-0.15, -0.1) is 0 Å². The van der Waals surface area contributed by atoms with Crippen molar-refractivity contribution in [1.82, 2.24) is 15.0 Å². The number of carbonyl (C=O) groups excluding carboxylic acids is 1. The van der Waals surface area contributed by atoms with E-state index >= 15 is 0 Å². The SMILES string of the molecule is O=C(Nc1ncc(-c2ccco2)[nH]1)c1cc(-c2ccco2)nc2ccccc12. The lowest BCUT2D eigenvalue weighted by Crippen LogP contribution is -2.14. The number of benzene rings is 1. The first-order valence-electron chi connectivity index (χ1n) is 8.62. The van der Waals surface area contributed by atoms with E-state index in [9.17, 15) is 4.79 Å². The van der Waals surface area contributed by atoms with Crippen LogP contribution in [-0.4, -0.2) is 20.9 Å². The lowest BCUT2D eigenvalue weighted by Gasteiger charge is -2.08. The third-order valence-electron chi connectivity index (χ3n) is 4.33. The number of anilines is 1. The van der Waals surface area contributed by atoms with Crippen molar-refractivity contribution in [3.05, 3.63) is 78.9 Å². The molecule has 0 bridgehead atoms. The van der Waals surface area contributed by atoms with Crippen molar-refractivity contribution in [1.29, 1.82) is 0 Å². The van der Waals surface area contributed by atoms with Crippen LogP contribution in [0, 0.1) is 0 Å². The molecular weight excluding hydrogens is 356 g/mol. The smallest absolute Gasteiger partial charge is 0.258 e. The van der Waals surface area contributed by atoms with Gasteiger partial charge in [0.15, 0.2) is 11.5 Å². The van der Waals surface area contributed by atoms with Crippen LogP contribution in [0.25, 0.3) is 33.8 Å². The van der Waals surface area contributed by atoms with Gasteiger partial charge in [0.2, 0.25) is 5.95 Å². The fourth-order valence-electron chi connectivity index (χ4n) is 3.03. The summed E-state index contributed by atoms with van der Waals surface area (Å²) < 4.78 is 10.8. The first kappa shape index (κ1) is 16.1. The number of fused-ring (bicyclic) bond motifs is 1. The van der Waals surface area contributed by atoms with Crippen LogP contribution in [0.2, 0.25) is 0 Å². The highest BCUT2D eigenvalue weighted by atomic mass is 16.3. The minimum Gasteiger partial charge on any atom is -0.463 e. The Morgan fingerprint density at radius 1 is 0.964 bits per heavy atom. The van der Waals surface area contributed by atoms with Crippen LogP contribution >= 0.6 is 0 Å². The van der Waals surface area contributed by atoms with Crippen molar-refractivity contribution in [2.24, 2.45) is 0 Å². The summed E-state index contributed by atoms with van der Waals surface area (Å²) in [5.74, 6) is 1.27. The number of pyridine rings is 1. The molecule has 4 aromatic heterocycles. The average molecular weight is 370 g/mol. The Bertz CT molecular complexity index is 1250. The van der Waals surface area contributed by atoms with E-state index in [0.29, 0.717) is 39.9 Å². The van der Waals surface area contributed by atoms with Gasteiger partial charge in [-0.05, 0) is 36.4 Å². The van der Waals surface area contributed by atoms with Gasteiger partial charge in [-0.25, -0.2) is 9.97 Å². The predicted octanol–water partition coefficient (Wildman–Crippen LogP) is 4.73. The van der Waals surface area contributed by atoms with Crippen LogP contribution in [-0.2, 0) is 0 Å². The van der Waals surface area contributed by atoms with E-state index in [0.717, 1.165) is 5.39 Å². The summed E-state index contributed by atoms with van der Waals surface area (Å²) in [4.78, 5) is 24.8. The molecule has 0 aliphatic rings. The van der Waals surface area contributed by atoms with Crippen LogP contribution in [0.5, 0.6) is 0 Å². The molecule has 0 aliphatic heterocycles. The second kappa shape index (κ2) is 6.55. The van der Waals surface area contributed by atoms with Crippen molar-refractivity contribution >= 4 is 22.8 Å². The highest BCUT2D eigenvalue weighted by molar-refractivity contribution is 6.12. The highest BCUT2D eigenvalue weighted by Crippen LogP contribution is 2.26. The maximum Gasteiger partial charge on any atom is 0.258 e. The maximum atomic E-state index is 13.0. The van der Waals surface area contributed by atoms with Gasteiger partial charge in [0.05, 0.1) is 29.8 Å². The van der Waals surface area contributed by atoms with E-state index in [1.165, 1.54) is 0 Å². The molecule has 136 valence electrons. The number of furan rings is 2. The van der Waals surface area contributed by atoms with Crippen molar-refractivity contribution in [2.75, 3.05) is 5.32 Å². The molecule has 1 aromatic carbocycles. The molecule has 0 radical (unpaired) electrons. The molecule has 4 heterocycles. The van der Waals surface area contributed by atoms with Gasteiger partial charge >= 0.3 is 0 Å². The largest absolute Gasteiger partial charge is 0.463 e. The second-order valence-corrected chi connectivity index (χ2v) is 6.13. The fourth-order valence-corrected chi connectivity index (χ4v) is 3.03. The fraction of sp³-hybridized carbons (Fsp3) is 0. The molecular formula is C21H14N4O3. The lowest BCUT2D eigenvalue weighted by molar-refractivity contribution is 0.102. The highest BCUT2D eigenvalue weighted by Gasteiger charge is 2.16. The molecule has 0 unspecified atom stereocenters. The van der Waals surface area contributed by atoms with E-state index in [2.05, 4.69) is 20.3 Å². The number of hydrogen-bond donors (Lipinski definition) is 2. The number of rotatable bonds is 4. The number of amides is 1. The molecule has 0 spiro atoms. The number of H-pyrrole nitrogens is 1. The predicted molar refractivity (Wildman–Crippen MR) is 104 cm³/mol. The summed E-state index contributed by atoms with van der Waals surface area (Å²) >= 11 is 0. The normalized spacial score (nSPS) is 11.0. The Balaban J connectivity index is 1.52. The van der Waals surface area contributed by atoms with Crippen LogP contribution in [0.15, 0.2) is 82.2 Å². The van der Waals surface area contributed by atoms with Gasteiger partial charge in [0, 0.05) is 5.39 Å². The average Bonchev–Trinajstić information content (AvgIpc) is 3.49. The zero-order valence-corrected chi connectivity index (χ0v) is 14.5. The molecule has 7 heteroatoms. The van der Waals surface area contributed by atoms with Gasteiger partial charge in [0.25, 0.3) is 5.91 Å². The minimum absolute atomic E-state index is 0.299. The summed E-state index contributed by atoms with van der Waals surface area (Å²) in [6.45, 7) is 0. The molecule has 0 saturated carbocycles. The molecule has 5 rings (SSSR count). The van der Waals surface area contributed by atoms with E-state index < -0.39 is 0 Å². The van der Waals surface area contributed by atoms with E-state index in [4.69, 9.17) is 8.83 Å². The molecule has 1 amide bonds. The topological polar surface area (TPSA) is 97.0 Å². The van der Waals surface area contributed by atoms with Crippen LogP contribution in [0.3, 0.4) is 0 Å². The Morgan fingerprint density at radius 2 is 1.75 bits per heavy atom. The Hall–Kier alpha value is -4.13. The number of para-hydroxylation sites is 1. The van der Waals surface area contributed by atoms with Gasteiger partial charge in [-0.3, -0.25) is 10.1 Å². The minimum atomic E-state index is -0.299. The monoisotopic (exact) mass is 370 g/mol. The number of carbonyl (C=O) groups is 1. The van der Waals surface area contributed by atoms with E-state index in [1.54, 1.807) is 43.0 Å². The number of aromatic nitrogens is 3. The third-order valence-corrected chi connectivity index (χ3v) is 4.33. The number of aromatic amines is 1. The first-order valence-corrected chi connectivity index (χ1v) is 8.62. The standard InChI is InChI=1S/C21H14N4O3/c26-20(25-21-22-12-17(24-21)19-8-4-10-28-19)14-11-16(18-7-3-9-27-18)23-15-6-2-1-5-13(14)15/h1-12H,(H2,22,24,25,26). The van der Waals surface area contributed by atoms with Crippen LogP contribution in [0.4, 0.5) is 5.95 Å². The number of nitrogens with zero attached hydrogens (tertiary/aromatic N) is 2. The lowest BCUT2D eigenvalue weighted by atomic mass is 10.1. The number of imidazole rings is 1. The summed E-state index contributed by atoms with van der Waals surface area (Å²) in [7, 11) is 0. The van der Waals surface area contributed by atoms with Gasteiger partial charge in [0.1, 0.15) is 11.4 Å². The van der Waals surface area contributed by atoms with Crippen molar-refractivity contribution < 1.29 is 13.6 Å². The Morgan fingerprint density at radius 3 is 2.54 bits per heavy atom. The molecule has 0 saturated heterocycles. The molecule has 7 nitrogen and oxygen atoms in total. The van der Waals surface area contributed by atoms with Crippen LogP contribution < -0.4 is 5.32 Å². The Labute approximate surface area is 159 Å². The zero-order chi connectivity index (χ0) is 18.9. The molecule has 0 fully saturated rings. The zero-order valence-electron chi connectivity index (χ0n) is 14.5. The van der Waals surface area contributed by atoms with Crippen molar-refractivity contribution in [2.45, 2.75) is 0 Å². The molecule has 2 N–H and O–H groups in total. The maximum absolute atomic E-state index is 13.0. The van der Waals surface area contributed by atoms with Crippen LogP contribution in [0.1, 0.15) is 10.4 Å². The quantitative estimate of drug-likeness (QED) is 0.477. The molecule has 0 aliphatic carbocycles. The number of hydrogen-bond acceptors (Lipinski definition) is 5. The number of nitrogens with one attached hydrogen (secondary N) is 2. The van der Waals surface area contributed by atoms with Gasteiger partial charge < -0.3 is 13.8 Å². The summed E-state index contributed by atoms with van der Waals surface area (Å²) in [6, 6.07) is 16.4. The summed E-state index contributed by atoms with van der Waals surface area (Å²) in [5.41, 5.74) is 2.45.